The smallest absolute Gasteiger partial charge is 0.134 e. The number of aryl methyl sites for hydroxylation is 1. The number of hydrogen-bond donors (Lipinski definition) is 1. The maximum Gasteiger partial charge on any atom is 0.134 e. The van der Waals surface area contributed by atoms with Gasteiger partial charge in [-0.2, -0.15) is 0 Å². The van der Waals surface area contributed by atoms with E-state index in [9.17, 15) is 0 Å². The van der Waals surface area contributed by atoms with Gasteiger partial charge in [-0.3, -0.25) is 0 Å². The number of halogens is 1. The minimum absolute atomic E-state index is 0.192. The van der Waals surface area contributed by atoms with Gasteiger partial charge in [0.15, 0.2) is 0 Å². The van der Waals surface area contributed by atoms with Gasteiger partial charge in [-0.05, 0) is 43.2 Å². The maximum atomic E-state index is 6.25. The predicted molar refractivity (Wildman–Crippen MR) is 83.0 cm³/mol. The van der Waals surface area contributed by atoms with Crippen molar-refractivity contribution in [3.8, 4) is 0 Å². The molecule has 0 amide bonds. The summed E-state index contributed by atoms with van der Waals surface area (Å²) in [4.78, 5) is 0. The molecule has 0 bridgehead atoms. The Morgan fingerprint density at radius 3 is 2.75 bits per heavy atom. The van der Waals surface area contributed by atoms with Gasteiger partial charge < -0.3 is 10.2 Å². The second-order valence-corrected chi connectivity index (χ2v) is 5.50. The van der Waals surface area contributed by atoms with Crippen LogP contribution < -0.4 is 5.73 Å². The Morgan fingerprint density at radius 1 is 1.15 bits per heavy atom. The van der Waals surface area contributed by atoms with Crippen molar-refractivity contribution < 1.29 is 4.42 Å². The lowest BCUT2D eigenvalue weighted by Gasteiger charge is -2.09. The minimum atomic E-state index is -0.192. The van der Waals surface area contributed by atoms with E-state index >= 15 is 0 Å². The van der Waals surface area contributed by atoms with Gasteiger partial charge in [0.2, 0.25) is 0 Å². The van der Waals surface area contributed by atoms with E-state index < -0.39 is 0 Å². The average Bonchev–Trinajstić information content (AvgIpc) is 2.84. The molecule has 0 aliphatic carbocycles. The summed E-state index contributed by atoms with van der Waals surface area (Å²) in [5, 5.41) is 1.84. The lowest BCUT2D eigenvalue weighted by molar-refractivity contribution is 0.494. The molecule has 0 aliphatic rings. The van der Waals surface area contributed by atoms with Crippen molar-refractivity contribution in [2.75, 3.05) is 0 Å². The number of nitrogens with two attached hydrogens (primary N) is 1. The molecule has 0 aliphatic heterocycles. The van der Waals surface area contributed by atoms with Crippen LogP contribution in [-0.4, -0.2) is 0 Å². The molecule has 2 aromatic carbocycles. The summed E-state index contributed by atoms with van der Waals surface area (Å²) in [5.41, 5.74) is 9.37. The number of rotatable bonds is 3. The summed E-state index contributed by atoms with van der Waals surface area (Å²) in [7, 11) is 0. The molecule has 1 aromatic heterocycles. The molecule has 0 spiro atoms. The van der Waals surface area contributed by atoms with Crippen LogP contribution in [0, 0.1) is 6.92 Å². The highest BCUT2D eigenvalue weighted by Gasteiger charge is 2.14. The van der Waals surface area contributed by atoms with Crippen LogP contribution in [0.5, 0.6) is 0 Å². The van der Waals surface area contributed by atoms with Crippen molar-refractivity contribution in [2.45, 2.75) is 19.4 Å². The van der Waals surface area contributed by atoms with Gasteiger partial charge in [-0.1, -0.05) is 41.4 Å². The summed E-state index contributed by atoms with van der Waals surface area (Å²) in [6.07, 6.45) is 0.665. The minimum Gasteiger partial charge on any atom is -0.459 e. The van der Waals surface area contributed by atoms with Gasteiger partial charge in [-0.15, -0.1) is 0 Å². The summed E-state index contributed by atoms with van der Waals surface area (Å²) >= 11 is 6.17. The fourth-order valence-electron chi connectivity index (χ4n) is 2.37. The molecule has 1 atom stereocenters. The number of benzene rings is 2. The monoisotopic (exact) mass is 285 g/mol. The zero-order chi connectivity index (χ0) is 14.1. The quantitative estimate of drug-likeness (QED) is 0.761. The third-order valence-electron chi connectivity index (χ3n) is 3.45. The first-order valence-corrected chi connectivity index (χ1v) is 7.00. The normalized spacial score (nSPS) is 12.8. The number of hydrogen-bond acceptors (Lipinski definition) is 2. The van der Waals surface area contributed by atoms with E-state index in [1.807, 2.05) is 42.5 Å². The van der Waals surface area contributed by atoms with E-state index in [4.69, 9.17) is 21.8 Å². The van der Waals surface area contributed by atoms with Gasteiger partial charge in [0.25, 0.3) is 0 Å². The standard InChI is InChI=1S/C17H16ClNO/c1-11-6-7-16-13(8-11)10-17(20-16)15(19)9-12-4-2-3-5-14(12)18/h2-8,10,15H,9,19H2,1H3. The van der Waals surface area contributed by atoms with Crippen LogP contribution in [0.2, 0.25) is 5.02 Å². The molecule has 3 rings (SSSR count). The van der Waals surface area contributed by atoms with Crippen molar-refractivity contribution in [1.29, 1.82) is 0 Å². The van der Waals surface area contributed by atoms with Gasteiger partial charge in [0.05, 0.1) is 6.04 Å². The van der Waals surface area contributed by atoms with Gasteiger partial charge in [-0.25, -0.2) is 0 Å². The first kappa shape index (κ1) is 13.2. The Balaban J connectivity index is 1.89. The zero-order valence-electron chi connectivity index (χ0n) is 11.3. The molecule has 3 heteroatoms. The highest BCUT2D eigenvalue weighted by atomic mass is 35.5. The predicted octanol–water partition coefficient (Wildman–Crippen LogP) is 4.64. The van der Waals surface area contributed by atoms with Crippen LogP contribution in [0.3, 0.4) is 0 Å². The van der Waals surface area contributed by atoms with E-state index in [0.29, 0.717) is 6.42 Å². The summed E-state index contributed by atoms with van der Waals surface area (Å²) < 4.78 is 5.83. The van der Waals surface area contributed by atoms with Crippen LogP contribution >= 0.6 is 11.6 Å². The lowest BCUT2D eigenvalue weighted by atomic mass is 10.0. The fraction of sp³-hybridized carbons (Fsp3) is 0.176. The van der Waals surface area contributed by atoms with E-state index in [-0.39, 0.29) is 6.04 Å². The van der Waals surface area contributed by atoms with Crippen LogP contribution in [0.15, 0.2) is 52.9 Å². The van der Waals surface area contributed by atoms with E-state index in [2.05, 4.69) is 13.0 Å². The third kappa shape index (κ3) is 2.58. The van der Waals surface area contributed by atoms with Crippen LogP contribution in [0.4, 0.5) is 0 Å². The molecular formula is C17H16ClNO. The van der Waals surface area contributed by atoms with Crippen molar-refractivity contribution in [1.82, 2.24) is 0 Å². The fourth-order valence-corrected chi connectivity index (χ4v) is 2.58. The first-order valence-electron chi connectivity index (χ1n) is 6.62. The molecule has 0 saturated carbocycles. The van der Waals surface area contributed by atoms with Crippen molar-refractivity contribution in [3.63, 3.8) is 0 Å². The molecule has 102 valence electrons. The summed E-state index contributed by atoms with van der Waals surface area (Å²) in [5.74, 6) is 0.797. The molecular weight excluding hydrogens is 270 g/mol. The molecule has 3 aromatic rings. The van der Waals surface area contributed by atoms with Gasteiger partial charge in [0, 0.05) is 10.4 Å². The Kier molecular flexibility index (Phi) is 3.51. The molecule has 0 saturated heterocycles. The van der Waals surface area contributed by atoms with Crippen molar-refractivity contribution in [2.24, 2.45) is 5.73 Å². The number of furan rings is 1. The summed E-state index contributed by atoms with van der Waals surface area (Å²) in [6, 6.07) is 15.7. The lowest BCUT2D eigenvalue weighted by Crippen LogP contribution is -2.12. The largest absolute Gasteiger partial charge is 0.459 e. The Hall–Kier alpha value is -1.77. The highest BCUT2D eigenvalue weighted by Crippen LogP contribution is 2.27. The second-order valence-electron chi connectivity index (χ2n) is 5.09. The molecule has 0 radical (unpaired) electrons. The molecule has 2 N–H and O–H groups in total. The van der Waals surface area contributed by atoms with Gasteiger partial charge >= 0.3 is 0 Å². The van der Waals surface area contributed by atoms with E-state index in [1.54, 1.807) is 0 Å². The molecule has 0 fully saturated rings. The number of fused-ring (bicyclic) bond motifs is 1. The first-order chi connectivity index (χ1) is 9.63. The van der Waals surface area contributed by atoms with Crippen molar-refractivity contribution >= 4 is 22.6 Å². The Morgan fingerprint density at radius 2 is 1.95 bits per heavy atom. The Labute approximate surface area is 123 Å². The zero-order valence-corrected chi connectivity index (χ0v) is 12.0. The molecule has 1 heterocycles. The van der Waals surface area contributed by atoms with E-state index in [0.717, 1.165) is 27.3 Å². The van der Waals surface area contributed by atoms with Crippen LogP contribution in [-0.2, 0) is 6.42 Å². The third-order valence-corrected chi connectivity index (χ3v) is 3.82. The molecule has 2 nitrogen and oxygen atoms in total. The van der Waals surface area contributed by atoms with Crippen LogP contribution in [0.25, 0.3) is 11.0 Å². The molecule has 20 heavy (non-hydrogen) atoms. The van der Waals surface area contributed by atoms with Gasteiger partial charge in [0.1, 0.15) is 11.3 Å². The average molecular weight is 286 g/mol. The topological polar surface area (TPSA) is 39.2 Å². The SMILES string of the molecule is Cc1ccc2oc(C(N)Cc3ccccc3Cl)cc2c1. The highest BCUT2D eigenvalue weighted by molar-refractivity contribution is 6.31. The van der Waals surface area contributed by atoms with Crippen LogP contribution in [0.1, 0.15) is 22.9 Å². The summed E-state index contributed by atoms with van der Waals surface area (Å²) in [6.45, 7) is 2.07. The second kappa shape index (κ2) is 5.31. The van der Waals surface area contributed by atoms with E-state index in [1.165, 1.54) is 5.56 Å². The Bertz CT molecular complexity index is 748. The van der Waals surface area contributed by atoms with Crippen molar-refractivity contribution in [3.05, 3.63) is 70.4 Å². The molecule has 1 unspecified atom stereocenters. The maximum absolute atomic E-state index is 6.25.